The number of hydrogen-bond donors (Lipinski definition) is 1. The van der Waals surface area contributed by atoms with Crippen molar-refractivity contribution in [1.82, 2.24) is 15.1 Å². The van der Waals surface area contributed by atoms with Crippen molar-refractivity contribution in [2.24, 2.45) is 5.92 Å². The van der Waals surface area contributed by atoms with Gasteiger partial charge in [-0.2, -0.15) is 0 Å². The maximum Gasteiger partial charge on any atom is 0.226 e. The summed E-state index contributed by atoms with van der Waals surface area (Å²) in [6.45, 7) is 6.51. The number of amides is 1. The molecule has 3 aliphatic heterocycles. The molecule has 3 saturated heterocycles. The maximum absolute atomic E-state index is 12.5. The van der Waals surface area contributed by atoms with E-state index in [9.17, 15) is 4.79 Å². The Labute approximate surface area is 122 Å². The van der Waals surface area contributed by atoms with Gasteiger partial charge in [0.1, 0.15) is 0 Å². The van der Waals surface area contributed by atoms with Crippen LogP contribution in [0.15, 0.2) is 0 Å². The van der Waals surface area contributed by atoms with Crippen LogP contribution in [0.4, 0.5) is 0 Å². The van der Waals surface area contributed by atoms with Gasteiger partial charge in [-0.3, -0.25) is 4.79 Å². The molecule has 20 heavy (non-hydrogen) atoms. The van der Waals surface area contributed by atoms with Crippen LogP contribution in [0.3, 0.4) is 0 Å². The molecule has 0 aliphatic carbocycles. The Morgan fingerprint density at radius 3 is 2.30 bits per heavy atom. The first-order chi connectivity index (χ1) is 9.84. The molecule has 1 amide bonds. The molecule has 0 aromatic heterocycles. The maximum atomic E-state index is 12.5. The Kier molecular flexibility index (Phi) is 4.94. The molecule has 0 bridgehead atoms. The van der Waals surface area contributed by atoms with Crippen molar-refractivity contribution in [3.8, 4) is 0 Å². The largest absolute Gasteiger partial charge is 0.342 e. The van der Waals surface area contributed by atoms with Crippen molar-refractivity contribution >= 4 is 5.91 Å². The van der Waals surface area contributed by atoms with Crippen molar-refractivity contribution in [3.63, 3.8) is 0 Å². The molecule has 0 spiro atoms. The van der Waals surface area contributed by atoms with E-state index in [1.165, 1.54) is 45.2 Å². The number of carbonyl (C=O) groups excluding carboxylic acids is 1. The molecule has 1 N–H and O–H groups in total. The smallest absolute Gasteiger partial charge is 0.226 e. The number of nitrogens with zero attached hydrogens (tertiary/aromatic N) is 2. The van der Waals surface area contributed by atoms with Gasteiger partial charge in [0.05, 0.1) is 5.92 Å². The van der Waals surface area contributed by atoms with Crippen LogP contribution in [0.1, 0.15) is 44.9 Å². The first-order valence-corrected chi connectivity index (χ1v) is 8.58. The van der Waals surface area contributed by atoms with Crippen LogP contribution < -0.4 is 5.32 Å². The van der Waals surface area contributed by atoms with Gasteiger partial charge in [0.15, 0.2) is 0 Å². The third-order valence-corrected chi connectivity index (χ3v) is 5.33. The minimum absolute atomic E-state index is 0.246. The number of rotatable bonds is 2. The van der Waals surface area contributed by atoms with Crippen LogP contribution in [-0.4, -0.2) is 61.0 Å². The van der Waals surface area contributed by atoms with E-state index in [2.05, 4.69) is 15.1 Å². The summed E-state index contributed by atoms with van der Waals surface area (Å²) in [5.74, 6) is 0.657. The van der Waals surface area contributed by atoms with Gasteiger partial charge in [0, 0.05) is 25.7 Å². The molecule has 0 aromatic carbocycles. The molecule has 0 saturated carbocycles. The van der Waals surface area contributed by atoms with E-state index in [-0.39, 0.29) is 5.92 Å². The van der Waals surface area contributed by atoms with Crippen LogP contribution >= 0.6 is 0 Å². The van der Waals surface area contributed by atoms with Crippen LogP contribution in [-0.2, 0) is 4.79 Å². The molecule has 1 atom stereocenters. The molecule has 0 radical (unpaired) electrons. The highest BCUT2D eigenvalue weighted by molar-refractivity contribution is 5.79. The Hall–Kier alpha value is -0.610. The summed E-state index contributed by atoms with van der Waals surface area (Å²) >= 11 is 0. The monoisotopic (exact) mass is 279 g/mol. The second kappa shape index (κ2) is 6.90. The van der Waals surface area contributed by atoms with Crippen molar-refractivity contribution in [2.45, 2.75) is 51.0 Å². The van der Waals surface area contributed by atoms with E-state index in [4.69, 9.17) is 0 Å². The topological polar surface area (TPSA) is 35.6 Å². The van der Waals surface area contributed by atoms with E-state index < -0.39 is 0 Å². The summed E-state index contributed by atoms with van der Waals surface area (Å²) in [6, 6.07) is 0.740. The van der Waals surface area contributed by atoms with Gasteiger partial charge in [0.2, 0.25) is 5.91 Å². The SMILES string of the molecule is O=C([C@@H]1CCCNC1)N1CCC(N2CCCCC2)CC1. The van der Waals surface area contributed by atoms with Crippen molar-refractivity contribution in [1.29, 1.82) is 0 Å². The predicted molar refractivity (Wildman–Crippen MR) is 80.6 cm³/mol. The number of hydrogen-bond acceptors (Lipinski definition) is 3. The molecule has 4 nitrogen and oxygen atoms in total. The third-order valence-electron chi connectivity index (χ3n) is 5.33. The summed E-state index contributed by atoms with van der Waals surface area (Å²) in [4.78, 5) is 17.3. The number of carbonyl (C=O) groups is 1. The average Bonchev–Trinajstić information content (AvgIpc) is 2.56. The predicted octanol–water partition coefficient (Wildman–Crippen LogP) is 1.46. The summed E-state index contributed by atoms with van der Waals surface area (Å²) in [5, 5.41) is 3.36. The van der Waals surface area contributed by atoms with Crippen molar-refractivity contribution in [3.05, 3.63) is 0 Å². The molecule has 3 rings (SSSR count). The second-order valence-electron chi connectivity index (χ2n) is 6.70. The molecule has 3 heterocycles. The summed E-state index contributed by atoms with van der Waals surface area (Å²) in [6.07, 6.45) is 8.75. The van der Waals surface area contributed by atoms with Gasteiger partial charge in [-0.05, 0) is 58.2 Å². The zero-order valence-corrected chi connectivity index (χ0v) is 12.6. The summed E-state index contributed by atoms with van der Waals surface area (Å²) in [5.41, 5.74) is 0. The molecule has 0 aromatic rings. The van der Waals surface area contributed by atoms with Gasteiger partial charge < -0.3 is 15.1 Å². The van der Waals surface area contributed by atoms with Crippen molar-refractivity contribution < 1.29 is 4.79 Å². The number of likely N-dealkylation sites (tertiary alicyclic amines) is 2. The zero-order valence-electron chi connectivity index (χ0n) is 12.6. The molecule has 114 valence electrons. The molecule has 3 fully saturated rings. The molecule has 0 unspecified atom stereocenters. The molecular weight excluding hydrogens is 250 g/mol. The summed E-state index contributed by atoms with van der Waals surface area (Å²) in [7, 11) is 0. The highest BCUT2D eigenvalue weighted by Gasteiger charge is 2.31. The Morgan fingerprint density at radius 1 is 0.900 bits per heavy atom. The van der Waals surface area contributed by atoms with Crippen LogP contribution in [0.25, 0.3) is 0 Å². The Balaban J connectivity index is 1.46. The van der Waals surface area contributed by atoms with E-state index in [1.54, 1.807) is 0 Å². The fourth-order valence-corrected chi connectivity index (χ4v) is 4.06. The van der Waals surface area contributed by atoms with Crippen LogP contribution in [0, 0.1) is 5.92 Å². The average molecular weight is 279 g/mol. The lowest BCUT2D eigenvalue weighted by molar-refractivity contribution is -0.137. The van der Waals surface area contributed by atoms with Gasteiger partial charge in [0.25, 0.3) is 0 Å². The molecule has 4 heteroatoms. The number of piperidine rings is 3. The van der Waals surface area contributed by atoms with E-state index in [1.807, 2.05) is 0 Å². The fourth-order valence-electron chi connectivity index (χ4n) is 4.06. The highest BCUT2D eigenvalue weighted by atomic mass is 16.2. The lowest BCUT2D eigenvalue weighted by Gasteiger charge is -2.41. The Morgan fingerprint density at radius 2 is 1.65 bits per heavy atom. The summed E-state index contributed by atoms with van der Waals surface area (Å²) < 4.78 is 0. The minimum Gasteiger partial charge on any atom is -0.342 e. The first kappa shape index (κ1) is 14.3. The van der Waals surface area contributed by atoms with Gasteiger partial charge in [-0.25, -0.2) is 0 Å². The van der Waals surface area contributed by atoms with Gasteiger partial charge in [-0.15, -0.1) is 0 Å². The van der Waals surface area contributed by atoms with E-state index in [0.29, 0.717) is 5.91 Å². The molecule has 3 aliphatic rings. The minimum atomic E-state index is 0.246. The van der Waals surface area contributed by atoms with Crippen LogP contribution in [0.2, 0.25) is 0 Å². The quantitative estimate of drug-likeness (QED) is 0.831. The van der Waals surface area contributed by atoms with Crippen LogP contribution in [0.5, 0.6) is 0 Å². The van der Waals surface area contributed by atoms with E-state index >= 15 is 0 Å². The lowest BCUT2D eigenvalue weighted by Crippen LogP contribution is -2.50. The highest BCUT2D eigenvalue weighted by Crippen LogP contribution is 2.23. The standard InChI is InChI=1S/C16H29N3O/c20-16(14-5-4-8-17-13-14)19-11-6-15(7-12-19)18-9-2-1-3-10-18/h14-15,17H,1-13H2/t14-/m1/s1. The lowest BCUT2D eigenvalue weighted by atomic mass is 9.95. The zero-order chi connectivity index (χ0) is 13.8. The van der Waals surface area contributed by atoms with Gasteiger partial charge in [-0.1, -0.05) is 6.42 Å². The number of nitrogens with one attached hydrogen (secondary N) is 1. The molecular formula is C16H29N3O. The normalized spacial score (nSPS) is 30.4. The fraction of sp³-hybridized carbons (Fsp3) is 0.938. The Bertz CT molecular complexity index is 314. The third kappa shape index (κ3) is 3.34. The van der Waals surface area contributed by atoms with Crippen molar-refractivity contribution in [2.75, 3.05) is 39.3 Å². The first-order valence-electron chi connectivity index (χ1n) is 8.58. The van der Waals surface area contributed by atoms with E-state index in [0.717, 1.165) is 45.1 Å². The van der Waals surface area contributed by atoms with Gasteiger partial charge >= 0.3 is 0 Å². The second-order valence-corrected chi connectivity index (χ2v) is 6.70.